The van der Waals surface area contributed by atoms with Crippen LogP contribution < -0.4 is 15.1 Å². The Kier molecular flexibility index (Phi) is 3.25. The highest BCUT2D eigenvalue weighted by Gasteiger charge is 2.73. The van der Waals surface area contributed by atoms with E-state index in [2.05, 4.69) is 19.2 Å². The number of benzene rings is 1. The van der Waals surface area contributed by atoms with E-state index < -0.39 is 28.1 Å². The van der Waals surface area contributed by atoms with Crippen LogP contribution in [-0.4, -0.2) is 46.0 Å². The highest BCUT2D eigenvalue weighted by molar-refractivity contribution is 6.09. The Morgan fingerprint density at radius 1 is 1.18 bits per heavy atom. The summed E-state index contributed by atoms with van der Waals surface area (Å²) in [6.07, 6.45) is 8.02. The summed E-state index contributed by atoms with van der Waals surface area (Å²) in [5.74, 6) is 0.497. The average Bonchev–Trinajstić information content (AvgIpc) is 3.29. The zero-order valence-electron chi connectivity index (χ0n) is 19.4. The van der Waals surface area contributed by atoms with Crippen LogP contribution in [0, 0.1) is 16.5 Å². The third-order valence-electron chi connectivity index (χ3n) is 9.17. The van der Waals surface area contributed by atoms with Crippen LogP contribution in [0.4, 0.5) is 5.69 Å². The fourth-order valence-corrected chi connectivity index (χ4v) is 7.69. The lowest BCUT2D eigenvalue weighted by Crippen LogP contribution is -2.83. The number of anilines is 1. The molecule has 4 fully saturated rings. The van der Waals surface area contributed by atoms with Crippen LogP contribution in [0.2, 0.25) is 0 Å². The second kappa shape index (κ2) is 5.46. The molecule has 4 saturated heterocycles. The first-order valence-corrected chi connectivity index (χ1v) is 11.9. The Morgan fingerprint density at radius 2 is 1.97 bits per heavy atom. The average molecular weight is 447 g/mol. The summed E-state index contributed by atoms with van der Waals surface area (Å²) in [6, 6.07) is 3.43. The van der Waals surface area contributed by atoms with Crippen molar-refractivity contribution in [1.29, 1.82) is 0 Å². The monoisotopic (exact) mass is 446 g/mol. The van der Waals surface area contributed by atoms with Gasteiger partial charge in [0, 0.05) is 35.3 Å². The fourth-order valence-electron chi connectivity index (χ4n) is 7.69. The third kappa shape index (κ3) is 2.03. The third-order valence-corrected chi connectivity index (χ3v) is 9.17. The first-order valence-electron chi connectivity index (χ1n) is 11.9. The molecule has 4 atom stereocenters. The molecule has 1 aromatic rings. The molecule has 172 valence electrons. The van der Waals surface area contributed by atoms with Crippen molar-refractivity contribution in [2.24, 2.45) is 11.3 Å². The first kappa shape index (κ1) is 19.6. The Balaban J connectivity index is 1.46. The maximum absolute atomic E-state index is 13.9. The van der Waals surface area contributed by atoms with E-state index in [9.17, 15) is 14.8 Å². The van der Waals surface area contributed by atoms with Gasteiger partial charge < -0.3 is 25.2 Å². The van der Waals surface area contributed by atoms with Gasteiger partial charge in [0.25, 0.3) is 5.91 Å². The van der Waals surface area contributed by atoms with Crippen molar-refractivity contribution < 1.29 is 14.3 Å². The van der Waals surface area contributed by atoms with E-state index in [4.69, 9.17) is 4.74 Å². The van der Waals surface area contributed by atoms with E-state index in [1.807, 2.05) is 49.1 Å². The molecule has 8 rings (SSSR count). The van der Waals surface area contributed by atoms with Gasteiger partial charge >= 0.3 is 0 Å². The number of hydrogen-bond donors (Lipinski definition) is 1. The van der Waals surface area contributed by atoms with Crippen LogP contribution in [0.1, 0.15) is 58.1 Å². The van der Waals surface area contributed by atoms with Crippen LogP contribution in [0.3, 0.4) is 0 Å². The van der Waals surface area contributed by atoms with Gasteiger partial charge in [0.1, 0.15) is 22.4 Å². The second-order valence-corrected chi connectivity index (χ2v) is 11.7. The SMILES string of the molecule is CC1(C)C=Cc2c(ccc3c2N([O-])C2C3=C[C@@]34NC(=O)[C@]5(CCCN5C3=O)CC4C2(C)C)O1. The number of piperidine rings is 2. The molecule has 0 aromatic heterocycles. The molecule has 2 amide bonds. The van der Waals surface area contributed by atoms with Crippen LogP contribution in [-0.2, 0) is 9.59 Å². The summed E-state index contributed by atoms with van der Waals surface area (Å²) < 4.78 is 6.13. The second-order valence-electron chi connectivity index (χ2n) is 11.7. The minimum absolute atomic E-state index is 0.0105. The molecule has 2 spiro atoms. The molecule has 0 radical (unpaired) electrons. The van der Waals surface area contributed by atoms with Gasteiger partial charge in [0.05, 0.1) is 0 Å². The Hall–Kier alpha value is -2.80. The van der Waals surface area contributed by atoms with Gasteiger partial charge in [0.2, 0.25) is 5.91 Å². The van der Waals surface area contributed by atoms with Crippen LogP contribution >= 0.6 is 0 Å². The van der Waals surface area contributed by atoms with Crippen molar-refractivity contribution >= 4 is 29.2 Å². The maximum Gasteiger partial charge on any atom is 0.253 e. The largest absolute Gasteiger partial charge is 0.758 e. The zero-order chi connectivity index (χ0) is 23.1. The Morgan fingerprint density at radius 3 is 2.76 bits per heavy atom. The lowest BCUT2D eigenvalue weighted by molar-refractivity contribution is -0.177. The molecule has 7 aliphatic rings. The number of carbonyl (C=O) groups is 2. The Bertz CT molecular complexity index is 1230. The van der Waals surface area contributed by atoms with E-state index in [0.29, 0.717) is 30.8 Å². The molecule has 2 bridgehead atoms. The molecule has 1 N–H and O–H groups in total. The topological polar surface area (TPSA) is 84.9 Å². The van der Waals surface area contributed by atoms with Crippen molar-refractivity contribution in [3.05, 3.63) is 40.6 Å². The minimum atomic E-state index is -1.09. The normalized spacial score (nSPS) is 38.0. The number of rotatable bonds is 0. The molecule has 7 heteroatoms. The summed E-state index contributed by atoms with van der Waals surface area (Å²) in [6.45, 7) is 8.78. The molecule has 1 aliphatic carbocycles. The van der Waals surface area contributed by atoms with Crippen LogP contribution in [0.25, 0.3) is 11.6 Å². The highest BCUT2D eigenvalue weighted by atomic mass is 16.5. The molecule has 2 unspecified atom stereocenters. The fraction of sp³-hybridized carbons (Fsp3) is 0.538. The van der Waals surface area contributed by atoms with E-state index >= 15 is 0 Å². The maximum atomic E-state index is 13.9. The number of hydroxylamine groups is 1. The van der Waals surface area contributed by atoms with Crippen molar-refractivity contribution in [3.63, 3.8) is 0 Å². The first-order chi connectivity index (χ1) is 15.5. The van der Waals surface area contributed by atoms with E-state index in [1.54, 1.807) is 0 Å². The molecule has 33 heavy (non-hydrogen) atoms. The van der Waals surface area contributed by atoms with Crippen molar-refractivity contribution in [1.82, 2.24) is 10.2 Å². The summed E-state index contributed by atoms with van der Waals surface area (Å²) in [5.41, 5.74) is 0.239. The number of fused-ring (bicyclic) bond motifs is 6. The molecule has 1 aromatic carbocycles. The van der Waals surface area contributed by atoms with Gasteiger partial charge in [-0.2, -0.15) is 0 Å². The molecule has 6 aliphatic heterocycles. The smallest absolute Gasteiger partial charge is 0.253 e. The number of carbonyl (C=O) groups excluding carboxylic acids is 2. The van der Waals surface area contributed by atoms with Crippen LogP contribution in [0.15, 0.2) is 24.3 Å². The summed E-state index contributed by atoms with van der Waals surface area (Å²) in [4.78, 5) is 29.0. The zero-order valence-corrected chi connectivity index (χ0v) is 19.4. The highest BCUT2D eigenvalue weighted by Crippen LogP contribution is 2.63. The van der Waals surface area contributed by atoms with Crippen molar-refractivity contribution in [2.75, 3.05) is 11.6 Å². The molecular formula is C26H28N3O4-. The summed E-state index contributed by atoms with van der Waals surface area (Å²) in [5, 5.41) is 18.2. The predicted octanol–water partition coefficient (Wildman–Crippen LogP) is 3.23. The summed E-state index contributed by atoms with van der Waals surface area (Å²) >= 11 is 0. The van der Waals surface area contributed by atoms with Gasteiger partial charge in [-0.3, -0.25) is 9.59 Å². The number of hydrogen-bond acceptors (Lipinski definition) is 5. The molecule has 0 saturated carbocycles. The number of amides is 2. The summed E-state index contributed by atoms with van der Waals surface area (Å²) in [7, 11) is 0. The lowest BCUT2D eigenvalue weighted by Gasteiger charge is -2.65. The minimum Gasteiger partial charge on any atom is -0.758 e. The standard InChI is InChI=1S/C26H28N3O4/c1-23(2)10-8-15-17(33-23)7-6-14-16-12-26-18(24(3,4)20(16)29(32)19(14)15)13-25(21(30)27-26)9-5-11-28(25)22(26)31/h6-8,10,12,18,20H,5,9,11,13H2,1-4H3,(H,27,30)/q-1/t18?,20?,25-,26-/m0/s1. The number of ether oxygens (including phenoxy) is 1. The van der Waals surface area contributed by atoms with E-state index in [0.717, 1.165) is 28.2 Å². The van der Waals surface area contributed by atoms with Gasteiger partial charge in [0.15, 0.2) is 0 Å². The number of nitrogens with one attached hydrogen (secondary N) is 1. The molecular weight excluding hydrogens is 418 g/mol. The van der Waals surface area contributed by atoms with Gasteiger partial charge in [-0.1, -0.05) is 13.8 Å². The van der Waals surface area contributed by atoms with Gasteiger partial charge in [-0.15, -0.1) is 0 Å². The number of piperazine rings is 1. The predicted molar refractivity (Wildman–Crippen MR) is 124 cm³/mol. The Labute approximate surface area is 193 Å². The lowest BCUT2D eigenvalue weighted by atomic mass is 9.51. The van der Waals surface area contributed by atoms with Gasteiger partial charge in [-0.05, 0) is 74.5 Å². The van der Waals surface area contributed by atoms with E-state index in [-0.39, 0.29) is 17.7 Å². The van der Waals surface area contributed by atoms with Crippen LogP contribution in [0.5, 0.6) is 5.75 Å². The van der Waals surface area contributed by atoms with E-state index in [1.165, 1.54) is 0 Å². The quantitative estimate of drug-likeness (QED) is 0.661. The molecule has 6 heterocycles. The van der Waals surface area contributed by atoms with Crippen molar-refractivity contribution in [3.8, 4) is 5.75 Å². The van der Waals surface area contributed by atoms with Crippen molar-refractivity contribution in [2.45, 2.75) is 69.7 Å². The number of nitrogens with zero attached hydrogens (tertiary/aromatic N) is 2. The molecule has 7 nitrogen and oxygen atoms in total. The van der Waals surface area contributed by atoms with Gasteiger partial charge in [-0.25, -0.2) is 0 Å².